The van der Waals surface area contributed by atoms with E-state index in [-0.39, 0.29) is 0 Å². The van der Waals surface area contributed by atoms with Gasteiger partial charge in [0.2, 0.25) is 0 Å². The van der Waals surface area contributed by atoms with E-state index in [0.717, 1.165) is 11.8 Å². The molecule has 0 aromatic rings. The monoisotopic (exact) mass is 252 g/mol. The molecule has 0 saturated heterocycles. The van der Waals surface area contributed by atoms with E-state index < -0.39 is 0 Å². The van der Waals surface area contributed by atoms with Gasteiger partial charge in [0, 0.05) is 5.25 Å². The lowest BCUT2D eigenvalue weighted by Gasteiger charge is -2.40. The zero-order valence-corrected chi connectivity index (χ0v) is 12.4. The molecule has 0 aromatic heterocycles. The number of allylic oxidation sites excluding steroid dienone is 2. The van der Waals surface area contributed by atoms with E-state index in [1.807, 2.05) is 0 Å². The predicted molar refractivity (Wildman–Crippen MR) is 79.6 cm³/mol. The van der Waals surface area contributed by atoms with Gasteiger partial charge in [-0.2, -0.15) is 12.6 Å². The summed E-state index contributed by atoms with van der Waals surface area (Å²) in [6.45, 7) is 4.60. The molecule has 17 heavy (non-hydrogen) atoms. The maximum Gasteiger partial charge on any atom is 0.00170 e. The minimum atomic E-state index is 0.506. The molecule has 0 aromatic carbocycles. The molecule has 2 fully saturated rings. The Labute approximate surface area is 113 Å². The first kappa shape index (κ1) is 13.5. The van der Waals surface area contributed by atoms with Crippen molar-refractivity contribution in [2.45, 2.75) is 70.5 Å². The Kier molecular flexibility index (Phi) is 4.63. The van der Waals surface area contributed by atoms with Crippen molar-refractivity contribution in [3.8, 4) is 0 Å². The average Bonchev–Trinajstić information content (AvgIpc) is 2.31. The number of thiol groups is 1. The van der Waals surface area contributed by atoms with Crippen LogP contribution < -0.4 is 0 Å². The van der Waals surface area contributed by atoms with Crippen molar-refractivity contribution in [1.82, 2.24) is 0 Å². The molecule has 0 amide bonds. The lowest BCUT2D eigenvalue weighted by Crippen LogP contribution is -2.29. The third-order valence-corrected chi connectivity index (χ3v) is 5.67. The van der Waals surface area contributed by atoms with Crippen LogP contribution in [0.15, 0.2) is 12.2 Å². The summed E-state index contributed by atoms with van der Waals surface area (Å²) in [5, 5.41) is 0.697. The Hall–Kier alpha value is 0.0900. The minimum absolute atomic E-state index is 0.506. The molecule has 0 atom stereocenters. The Bertz CT molecular complexity index is 253. The highest BCUT2D eigenvalue weighted by molar-refractivity contribution is 7.80. The second-order valence-electron chi connectivity index (χ2n) is 6.56. The summed E-state index contributed by atoms with van der Waals surface area (Å²) in [4.78, 5) is 0. The van der Waals surface area contributed by atoms with Gasteiger partial charge in [0.05, 0.1) is 0 Å². The molecule has 2 rings (SSSR count). The topological polar surface area (TPSA) is 0 Å². The summed E-state index contributed by atoms with van der Waals surface area (Å²) in [5.74, 6) is 2.04. The van der Waals surface area contributed by atoms with Gasteiger partial charge in [-0.15, -0.1) is 0 Å². The molecule has 98 valence electrons. The van der Waals surface area contributed by atoms with Crippen LogP contribution in [-0.2, 0) is 0 Å². The van der Waals surface area contributed by atoms with Crippen LogP contribution in [0.25, 0.3) is 0 Å². The van der Waals surface area contributed by atoms with Gasteiger partial charge in [-0.3, -0.25) is 0 Å². The number of hydrogen-bond donors (Lipinski definition) is 1. The minimum Gasteiger partial charge on any atom is -0.176 e. The van der Waals surface area contributed by atoms with Crippen LogP contribution in [0, 0.1) is 17.3 Å². The van der Waals surface area contributed by atoms with Gasteiger partial charge in [-0.25, -0.2) is 0 Å². The second-order valence-corrected chi connectivity index (χ2v) is 7.29. The average molecular weight is 252 g/mol. The number of rotatable bonds is 2. The summed E-state index contributed by atoms with van der Waals surface area (Å²) in [5.41, 5.74) is 0.506. The molecule has 0 nitrogen and oxygen atoms in total. The molecule has 0 bridgehead atoms. The van der Waals surface area contributed by atoms with Crippen molar-refractivity contribution in [2.24, 2.45) is 17.3 Å². The molecular weight excluding hydrogens is 224 g/mol. The Balaban J connectivity index is 1.83. The lowest BCUT2D eigenvalue weighted by atomic mass is 9.66. The summed E-state index contributed by atoms with van der Waals surface area (Å²) >= 11 is 4.61. The van der Waals surface area contributed by atoms with E-state index in [0.29, 0.717) is 10.7 Å². The lowest BCUT2D eigenvalue weighted by molar-refractivity contribution is 0.144. The van der Waals surface area contributed by atoms with Gasteiger partial charge in [-0.1, -0.05) is 19.1 Å². The van der Waals surface area contributed by atoms with Gasteiger partial charge < -0.3 is 0 Å². The molecule has 2 saturated carbocycles. The van der Waals surface area contributed by atoms with Crippen LogP contribution >= 0.6 is 12.6 Å². The first-order chi connectivity index (χ1) is 8.13. The first-order valence-electron chi connectivity index (χ1n) is 7.45. The Morgan fingerprint density at radius 1 is 0.941 bits per heavy atom. The predicted octanol–water partition coefficient (Wildman–Crippen LogP) is 5.25. The largest absolute Gasteiger partial charge is 0.176 e. The molecule has 0 unspecified atom stereocenters. The smallest absolute Gasteiger partial charge is 0.00170 e. The molecule has 2 aliphatic carbocycles. The zero-order chi connectivity index (χ0) is 12.3. The van der Waals surface area contributed by atoms with Crippen LogP contribution in [0.1, 0.15) is 65.2 Å². The summed E-state index contributed by atoms with van der Waals surface area (Å²) in [7, 11) is 0. The Morgan fingerprint density at radius 2 is 1.47 bits per heavy atom. The van der Waals surface area contributed by atoms with Crippen LogP contribution in [0.4, 0.5) is 0 Å². The van der Waals surface area contributed by atoms with E-state index in [1.165, 1.54) is 51.4 Å². The molecule has 0 spiro atoms. The summed E-state index contributed by atoms with van der Waals surface area (Å²) in [6.07, 6.45) is 16.0. The van der Waals surface area contributed by atoms with Crippen molar-refractivity contribution >= 4 is 12.6 Å². The van der Waals surface area contributed by atoms with Crippen LogP contribution in [0.3, 0.4) is 0 Å². The SMILES string of the molecule is C/C=C/C1(C)CCC(C2CCC(S)CC2)CC1. The Morgan fingerprint density at radius 3 is 2.00 bits per heavy atom. The van der Waals surface area contributed by atoms with Crippen molar-refractivity contribution < 1.29 is 0 Å². The third kappa shape index (κ3) is 3.53. The van der Waals surface area contributed by atoms with E-state index in [2.05, 4.69) is 38.6 Å². The van der Waals surface area contributed by atoms with Crippen molar-refractivity contribution in [3.05, 3.63) is 12.2 Å². The van der Waals surface area contributed by atoms with Gasteiger partial charge in [-0.05, 0) is 75.5 Å². The van der Waals surface area contributed by atoms with Gasteiger partial charge in [0.15, 0.2) is 0 Å². The van der Waals surface area contributed by atoms with Crippen molar-refractivity contribution in [3.63, 3.8) is 0 Å². The molecule has 1 heteroatoms. The number of hydrogen-bond acceptors (Lipinski definition) is 1. The maximum atomic E-state index is 4.61. The van der Waals surface area contributed by atoms with Gasteiger partial charge >= 0.3 is 0 Å². The van der Waals surface area contributed by atoms with Crippen molar-refractivity contribution in [2.75, 3.05) is 0 Å². The molecule has 0 N–H and O–H groups in total. The van der Waals surface area contributed by atoms with Crippen LogP contribution in [0.5, 0.6) is 0 Å². The van der Waals surface area contributed by atoms with E-state index in [9.17, 15) is 0 Å². The van der Waals surface area contributed by atoms with E-state index in [4.69, 9.17) is 0 Å². The fourth-order valence-electron chi connectivity index (χ4n) is 3.91. The molecule has 2 aliphatic rings. The highest BCUT2D eigenvalue weighted by atomic mass is 32.1. The van der Waals surface area contributed by atoms with Crippen LogP contribution in [0.2, 0.25) is 0 Å². The van der Waals surface area contributed by atoms with Crippen LogP contribution in [-0.4, -0.2) is 5.25 Å². The fraction of sp³-hybridized carbons (Fsp3) is 0.875. The standard InChI is InChI=1S/C16H28S/c1-3-10-16(2)11-8-14(9-12-16)13-4-6-15(17)7-5-13/h3,10,13-15,17H,4-9,11-12H2,1-2H3/b10-3+. The molecule has 0 radical (unpaired) electrons. The summed E-state index contributed by atoms with van der Waals surface area (Å²) < 4.78 is 0. The fourth-order valence-corrected chi connectivity index (χ4v) is 4.21. The quantitative estimate of drug-likeness (QED) is 0.504. The first-order valence-corrected chi connectivity index (χ1v) is 7.96. The van der Waals surface area contributed by atoms with E-state index >= 15 is 0 Å². The molecular formula is C16H28S. The summed E-state index contributed by atoms with van der Waals surface area (Å²) in [6, 6.07) is 0. The normalized spacial score (nSPS) is 44.1. The highest BCUT2D eigenvalue weighted by Crippen LogP contribution is 2.45. The second kappa shape index (κ2) is 5.82. The van der Waals surface area contributed by atoms with Gasteiger partial charge in [0.1, 0.15) is 0 Å². The highest BCUT2D eigenvalue weighted by Gasteiger charge is 2.33. The maximum absolute atomic E-state index is 4.61. The molecule has 0 aliphatic heterocycles. The zero-order valence-electron chi connectivity index (χ0n) is 11.5. The van der Waals surface area contributed by atoms with Crippen molar-refractivity contribution in [1.29, 1.82) is 0 Å². The molecule has 0 heterocycles. The third-order valence-electron chi connectivity index (χ3n) is 5.15. The van der Waals surface area contributed by atoms with Gasteiger partial charge in [0.25, 0.3) is 0 Å². The van der Waals surface area contributed by atoms with E-state index in [1.54, 1.807) is 0 Å².